The van der Waals surface area contributed by atoms with Crippen molar-refractivity contribution in [3.05, 3.63) is 68.5 Å². The predicted molar refractivity (Wildman–Crippen MR) is 107 cm³/mol. The van der Waals surface area contributed by atoms with Gasteiger partial charge in [0.2, 0.25) is 0 Å². The molecule has 162 valence electrons. The van der Waals surface area contributed by atoms with Gasteiger partial charge in [0, 0.05) is 32.4 Å². The Morgan fingerprint density at radius 1 is 1.23 bits per heavy atom. The molecule has 1 aromatic heterocycles. The van der Waals surface area contributed by atoms with E-state index in [9.17, 15) is 18.9 Å². The van der Waals surface area contributed by atoms with Crippen molar-refractivity contribution in [2.75, 3.05) is 20.8 Å². The van der Waals surface area contributed by atoms with Crippen LogP contribution in [0.1, 0.15) is 28.6 Å². The molecule has 0 unspecified atom stereocenters. The molecule has 11 heteroatoms. The molecular weight excluding hydrogens is 415 g/mol. The molecule has 1 aliphatic heterocycles. The molecule has 0 aliphatic carbocycles. The zero-order valence-corrected chi connectivity index (χ0v) is 17.7. The van der Waals surface area contributed by atoms with Gasteiger partial charge in [0.05, 0.1) is 11.2 Å². The van der Waals surface area contributed by atoms with Crippen molar-refractivity contribution in [1.82, 2.24) is 9.55 Å². The van der Waals surface area contributed by atoms with Crippen LogP contribution in [0.4, 0.5) is 0 Å². The van der Waals surface area contributed by atoms with Crippen LogP contribution >= 0.6 is 7.60 Å². The summed E-state index contributed by atoms with van der Waals surface area (Å²) in [6, 6.07) is 8.40. The third kappa shape index (κ3) is 4.46. The highest BCUT2D eigenvalue weighted by Crippen LogP contribution is 2.58. The molecule has 3 atom stereocenters. The molecule has 0 saturated carbocycles. The molecular formula is C19H23N2O8P. The van der Waals surface area contributed by atoms with Crippen LogP contribution in [0.15, 0.2) is 46.1 Å². The lowest BCUT2D eigenvalue weighted by molar-refractivity contribution is -0.0345. The topological polar surface area (TPSA) is 126 Å². The number of H-pyrrole nitrogens is 1. The van der Waals surface area contributed by atoms with Gasteiger partial charge < -0.3 is 18.5 Å². The number of esters is 1. The fraction of sp³-hybridized carbons (Fsp3) is 0.421. The van der Waals surface area contributed by atoms with Gasteiger partial charge in [-0.25, -0.2) is 9.59 Å². The quantitative estimate of drug-likeness (QED) is 0.513. The highest BCUT2D eigenvalue weighted by Gasteiger charge is 2.49. The summed E-state index contributed by atoms with van der Waals surface area (Å²) in [7, 11) is -1.11. The maximum atomic E-state index is 13.1. The van der Waals surface area contributed by atoms with E-state index in [2.05, 4.69) is 4.98 Å². The van der Waals surface area contributed by atoms with Crippen molar-refractivity contribution in [2.24, 2.45) is 0 Å². The number of nitrogens with one attached hydrogen (secondary N) is 1. The number of aryl methyl sites for hydroxylation is 1. The van der Waals surface area contributed by atoms with Gasteiger partial charge in [-0.05, 0) is 19.1 Å². The van der Waals surface area contributed by atoms with Gasteiger partial charge in [0.1, 0.15) is 18.9 Å². The van der Waals surface area contributed by atoms with Gasteiger partial charge in [0.25, 0.3) is 5.56 Å². The first-order valence-electron chi connectivity index (χ1n) is 9.20. The summed E-state index contributed by atoms with van der Waals surface area (Å²) in [6.07, 6.45) is -0.242. The molecule has 0 amide bonds. The first-order chi connectivity index (χ1) is 14.3. The van der Waals surface area contributed by atoms with E-state index in [0.29, 0.717) is 11.1 Å². The van der Waals surface area contributed by atoms with Crippen LogP contribution in [0, 0.1) is 6.92 Å². The third-order valence-corrected chi connectivity index (χ3v) is 7.34. The number of ether oxygens (including phenoxy) is 2. The normalized spacial score (nSPS) is 21.5. The Bertz CT molecular complexity index is 1060. The lowest BCUT2D eigenvalue weighted by atomic mass is 10.2. The minimum Gasteiger partial charge on any atom is -0.459 e. The van der Waals surface area contributed by atoms with Crippen LogP contribution in [0.5, 0.6) is 0 Å². The van der Waals surface area contributed by atoms with E-state index in [1.807, 2.05) is 0 Å². The summed E-state index contributed by atoms with van der Waals surface area (Å²) < 4.78 is 35.7. The maximum absolute atomic E-state index is 13.1. The third-order valence-electron chi connectivity index (χ3n) is 4.96. The highest BCUT2D eigenvalue weighted by molar-refractivity contribution is 7.54. The minimum absolute atomic E-state index is 0.0951. The molecule has 30 heavy (non-hydrogen) atoms. The summed E-state index contributed by atoms with van der Waals surface area (Å²) in [5.74, 6) is -0.567. The summed E-state index contributed by atoms with van der Waals surface area (Å²) in [5, 5.41) is 0. The van der Waals surface area contributed by atoms with Crippen molar-refractivity contribution >= 4 is 13.6 Å². The second-order valence-corrected chi connectivity index (χ2v) is 9.25. The number of rotatable bonds is 7. The molecule has 0 radical (unpaired) electrons. The smallest absolute Gasteiger partial charge is 0.338 e. The molecule has 0 spiro atoms. The Labute approximate surface area is 172 Å². The van der Waals surface area contributed by atoms with Gasteiger partial charge in [-0.2, -0.15) is 0 Å². The molecule has 2 aromatic rings. The van der Waals surface area contributed by atoms with Crippen molar-refractivity contribution in [3.63, 3.8) is 0 Å². The number of aromatic amines is 1. The van der Waals surface area contributed by atoms with Crippen LogP contribution < -0.4 is 11.2 Å². The molecule has 1 aromatic carbocycles. The van der Waals surface area contributed by atoms with Gasteiger partial charge in [-0.3, -0.25) is 18.9 Å². The van der Waals surface area contributed by atoms with Crippen molar-refractivity contribution in [3.8, 4) is 0 Å². The second kappa shape index (κ2) is 9.09. The molecule has 10 nitrogen and oxygen atoms in total. The number of carbonyl (C=O) groups excluding carboxylic acids is 1. The first kappa shape index (κ1) is 22.2. The van der Waals surface area contributed by atoms with E-state index >= 15 is 0 Å². The van der Waals surface area contributed by atoms with Gasteiger partial charge in [0.15, 0.2) is 0 Å². The molecule has 1 N–H and O–H groups in total. The Balaban J connectivity index is 1.85. The van der Waals surface area contributed by atoms with E-state index in [1.165, 1.54) is 25.0 Å². The van der Waals surface area contributed by atoms with Gasteiger partial charge >= 0.3 is 19.3 Å². The van der Waals surface area contributed by atoms with E-state index in [1.54, 1.807) is 37.3 Å². The fourth-order valence-corrected chi connectivity index (χ4v) is 5.02. The van der Waals surface area contributed by atoms with Crippen LogP contribution in [0.25, 0.3) is 0 Å². The Morgan fingerprint density at radius 2 is 1.90 bits per heavy atom. The average Bonchev–Trinajstić information content (AvgIpc) is 3.19. The number of hydrogen-bond acceptors (Lipinski definition) is 8. The fourth-order valence-electron chi connectivity index (χ4n) is 3.33. The van der Waals surface area contributed by atoms with E-state index < -0.39 is 42.8 Å². The largest absolute Gasteiger partial charge is 0.459 e. The van der Waals surface area contributed by atoms with Gasteiger partial charge in [-0.1, -0.05) is 18.2 Å². The standard InChI is InChI=1S/C19H23N2O8P/c1-12-10-21(19(24)20-17(12)22)16-9-15(30(25,26-2)27-3)14(29-16)11-28-18(23)13-7-5-4-6-8-13/h4-8,10,14-16H,9,11H2,1-3H3,(H,20,22,24)/t14-,15-,16-/m1/s1. The predicted octanol–water partition coefficient (Wildman–Crippen LogP) is 1.84. The molecule has 2 heterocycles. The lowest BCUT2D eigenvalue weighted by Gasteiger charge is -2.24. The van der Waals surface area contributed by atoms with Crippen LogP contribution in [0.3, 0.4) is 0 Å². The van der Waals surface area contributed by atoms with Crippen LogP contribution in [-0.4, -0.2) is 48.1 Å². The molecule has 0 bridgehead atoms. The molecule has 1 fully saturated rings. The highest BCUT2D eigenvalue weighted by atomic mass is 31.2. The summed E-state index contributed by atoms with van der Waals surface area (Å²) in [4.78, 5) is 38.4. The first-order valence-corrected chi connectivity index (χ1v) is 10.8. The Morgan fingerprint density at radius 3 is 2.53 bits per heavy atom. The number of aromatic nitrogens is 2. The number of nitrogens with zero attached hydrogens (tertiary/aromatic N) is 1. The average molecular weight is 438 g/mol. The van der Waals surface area contributed by atoms with Gasteiger partial charge in [-0.15, -0.1) is 0 Å². The monoisotopic (exact) mass is 438 g/mol. The lowest BCUT2D eigenvalue weighted by Crippen LogP contribution is -2.33. The number of benzene rings is 1. The Hall–Kier alpha value is -2.52. The van der Waals surface area contributed by atoms with Crippen molar-refractivity contribution < 1.29 is 27.9 Å². The molecule has 1 saturated heterocycles. The van der Waals surface area contributed by atoms with Crippen molar-refractivity contribution in [1.29, 1.82) is 0 Å². The van der Waals surface area contributed by atoms with Crippen LogP contribution in [0.2, 0.25) is 0 Å². The second-order valence-electron chi connectivity index (χ2n) is 6.78. The van der Waals surface area contributed by atoms with Crippen molar-refractivity contribution in [2.45, 2.75) is 31.3 Å². The van der Waals surface area contributed by atoms with Crippen LogP contribution in [-0.2, 0) is 23.1 Å². The zero-order valence-electron chi connectivity index (χ0n) is 16.8. The van der Waals surface area contributed by atoms with E-state index in [4.69, 9.17) is 18.5 Å². The summed E-state index contributed by atoms with van der Waals surface area (Å²) >= 11 is 0. The summed E-state index contributed by atoms with van der Waals surface area (Å²) in [5.41, 5.74) is -1.28. The van der Waals surface area contributed by atoms with E-state index in [0.717, 1.165) is 0 Å². The molecule has 3 rings (SSSR count). The Kier molecular flexibility index (Phi) is 6.72. The SMILES string of the molecule is COP(=O)(OC)[C@@H]1C[C@H](n2cc(C)c(=O)[nH]c2=O)O[C@@H]1COC(=O)c1ccccc1. The zero-order chi connectivity index (χ0) is 21.9. The summed E-state index contributed by atoms with van der Waals surface area (Å²) in [6.45, 7) is 1.33. The minimum atomic E-state index is -3.61. The number of carbonyl (C=O) groups is 1. The van der Waals surface area contributed by atoms with E-state index in [-0.39, 0.29) is 13.0 Å². The number of hydrogen-bond donors (Lipinski definition) is 1. The molecule has 1 aliphatic rings. The maximum Gasteiger partial charge on any atom is 0.338 e.